The minimum Gasteiger partial charge on any atom is -0.370 e. The standard InChI is InChI=1S/C11H20O2/c1-3-5-10(12)11(9-6-7-9)13-8-4-2/h9,11H,3-8H2,1-2H3. The summed E-state index contributed by atoms with van der Waals surface area (Å²) >= 11 is 0. The van der Waals surface area contributed by atoms with Gasteiger partial charge in [0, 0.05) is 13.0 Å². The SMILES string of the molecule is CCCOC(C(=O)CCC)C1CC1. The maximum Gasteiger partial charge on any atom is 0.161 e. The van der Waals surface area contributed by atoms with E-state index in [0.717, 1.165) is 19.4 Å². The molecule has 1 aliphatic rings. The van der Waals surface area contributed by atoms with Gasteiger partial charge in [-0.3, -0.25) is 4.79 Å². The quantitative estimate of drug-likeness (QED) is 0.608. The first-order valence-electron chi connectivity index (χ1n) is 5.43. The molecule has 1 fully saturated rings. The number of rotatable bonds is 7. The first kappa shape index (κ1) is 10.7. The summed E-state index contributed by atoms with van der Waals surface area (Å²) in [6.07, 6.45) is 4.93. The second-order valence-corrected chi connectivity index (χ2v) is 3.85. The molecule has 0 radical (unpaired) electrons. The molecule has 0 aliphatic heterocycles. The zero-order chi connectivity index (χ0) is 9.68. The maximum absolute atomic E-state index is 11.6. The van der Waals surface area contributed by atoms with E-state index >= 15 is 0 Å². The van der Waals surface area contributed by atoms with Crippen molar-refractivity contribution >= 4 is 5.78 Å². The first-order valence-corrected chi connectivity index (χ1v) is 5.43. The van der Waals surface area contributed by atoms with Gasteiger partial charge in [0.2, 0.25) is 0 Å². The fourth-order valence-corrected chi connectivity index (χ4v) is 1.52. The Morgan fingerprint density at radius 3 is 2.54 bits per heavy atom. The highest BCUT2D eigenvalue weighted by atomic mass is 16.5. The van der Waals surface area contributed by atoms with E-state index in [-0.39, 0.29) is 6.10 Å². The van der Waals surface area contributed by atoms with E-state index < -0.39 is 0 Å². The van der Waals surface area contributed by atoms with Gasteiger partial charge in [-0.15, -0.1) is 0 Å². The van der Waals surface area contributed by atoms with Crippen LogP contribution in [0.15, 0.2) is 0 Å². The summed E-state index contributed by atoms with van der Waals surface area (Å²) in [7, 11) is 0. The molecule has 0 amide bonds. The van der Waals surface area contributed by atoms with Gasteiger partial charge in [0.25, 0.3) is 0 Å². The molecule has 1 aliphatic carbocycles. The molecule has 2 heteroatoms. The van der Waals surface area contributed by atoms with Crippen molar-refractivity contribution in [2.45, 2.75) is 52.1 Å². The fraction of sp³-hybridized carbons (Fsp3) is 0.909. The van der Waals surface area contributed by atoms with Crippen LogP contribution in [0.5, 0.6) is 0 Å². The molecule has 0 saturated heterocycles. The van der Waals surface area contributed by atoms with Gasteiger partial charge in [-0.05, 0) is 31.6 Å². The molecule has 0 aromatic heterocycles. The summed E-state index contributed by atoms with van der Waals surface area (Å²) in [5.41, 5.74) is 0. The van der Waals surface area contributed by atoms with Crippen LogP contribution in [0, 0.1) is 5.92 Å². The lowest BCUT2D eigenvalue weighted by Gasteiger charge is -2.15. The molecule has 0 spiro atoms. The molecule has 1 atom stereocenters. The number of carbonyl (C=O) groups is 1. The Morgan fingerprint density at radius 2 is 2.08 bits per heavy atom. The summed E-state index contributed by atoms with van der Waals surface area (Å²) in [6.45, 7) is 4.85. The number of Topliss-reactive ketones (excluding diaryl/α,β-unsaturated/α-hetero) is 1. The predicted molar refractivity (Wildman–Crippen MR) is 52.7 cm³/mol. The van der Waals surface area contributed by atoms with Crippen LogP contribution in [-0.4, -0.2) is 18.5 Å². The molecule has 1 rings (SSSR count). The Balaban J connectivity index is 2.32. The number of ether oxygens (including phenoxy) is 1. The van der Waals surface area contributed by atoms with Gasteiger partial charge < -0.3 is 4.74 Å². The lowest BCUT2D eigenvalue weighted by molar-refractivity contribution is -0.132. The molecule has 13 heavy (non-hydrogen) atoms. The van der Waals surface area contributed by atoms with Crippen molar-refractivity contribution in [3.8, 4) is 0 Å². The largest absolute Gasteiger partial charge is 0.370 e. The van der Waals surface area contributed by atoms with Crippen LogP contribution in [0.3, 0.4) is 0 Å². The number of hydrogen-bond donors (Lipinski definition) is 0. The van der Waals surface area contributed by atoms with Crippen molar-refractivity contribution in [1.29, 1.82) is 0 Å². The summed E-state index contributed by atoms with van der Waals surface area (Å²) in [6, 6.07) is 0. The zero-order valence-corrected chi connectivity index (χ0v) is 8.71. The van der Waals surface area contributed by atoms with Gasteiger partial charge >= 0.3 is 0 Å². The third-order valence-electron chi connectivity index (χ3n) is 2.37. The Hall–Kier alpha value is -0.370. The predicted octanol–water partition coefficient (Wildman–Crippen LogP) is 2.56. The second kappa shape index (κ2) is 5.38. The summed E-state index contributed by atoms with van der Waals surface area (Å²) in [5, 5.41) is 0. The van der Waals surface area contributed by atoms with Crippen molar-refractivity contribution in [2.24, 2.45) is 5.92 Å². The zero-order valence-electron chi connectivity index (χ0n) is 8.71. The van der Waals surface area contributed by atoms with Gasteiger partial charge in [0.1, 0.15) is 6.10 Å². The molecule has 0 bridgehead atoms. The third-order valence-corrected chi connectivity index (χ3v) is 2.37. The van der Waals surface area contributed by atoms with E-state index in [1.807, 2.05) is 6.92 Å². The van der Waals surface area contributed by atoms with E-state index in [2.05, 4.69) is 6.92 Å². The van der Waals surface area contributed by atoms with Crippen molar-refractivity contribution in [3.63, 3.8) is 0 Å². The van der Waals surface area contributed by atoms with Gasteiger partial charge in [0.15, 0.2) is 5.78 Å². The normalized spacial score (nSPS) is 18.6. The summed E-state index contributed by atoms with van der Waals surface area (Å²) < 4.78 is 5.58. The number of hydrogen-bond acceptors (Lipinski definition) is 2. The van der Waals surface area contributed by atoms with E-state index in [0.29, 0.717) is 18.1 Å². The molecule has 0 N–H and O–H groups in total. The lowest BCUT2D eigenvalue weighted by Crippen LogP contribution is -2.26. The minimum atomic E-state index is -0.0695. The maximum atomic E-state index is 11.6. The molecule has 0 aromatic carbocycles. The van der Waals surface area contributed by atoms with Crippen LogP contribution >= 0.6 is 0 Å². The second-order valence-electron chi connectivity index (χ2n) is 3.85. The van der Waals surface area contributed by atoms with E-state index in [4.69, 9.17) is 4.74 Å². The Morgan fingerprint density at radius 1 is 1.38 bits per heavy atom. The van der Waals surface area contributed by atoms with E-state index in [1.54, 1.807) is 0 Å². The van der Waals surface area contributed by atoms with Gasteiger partial charge in [-0.25, -0.2) is 0 Å². The highest BCUT2D eigenvalue weighted by molar-refractivity contribution is 5.83. The van der Waals surface area contributed by atoms with Crippen molar-refractivity contribution < 1.29 is 9.53 Å². The average molecular weight is 184 g/mol. The van der Waals surface area contributed by atoms with Crippen LogP contribution in [0.4, 0.5) is 0 Å². The molecule has 76 valence electrons. The molecule has 1 unspecified atom stereocenters. The molecule has 0 heterocycles. The van der Waals surface area contributed by atoms with Gasteiger partial charge in [-0.1, -0.05) is 13.8 Å². The third kappa shape index (κ3) is 3.47. The van der Waals surface area contributed by atoms with Crippen LogP contribution in [0.1, 0.15) is 46.0 Å². The molecular weight excluding hydrogens is 164 g/mol. The highest BCUT2D eigenvalue weighted by Gasteiger charge is 2.35. The topological polar surface area (TPSA) is 26.3 Å². The van der Waals surface area contributed by atoms with Gasteiger partial charge in [-0.2, -0.15) is 0 Å². The van der Waals surface area contributed by atoms with Crippen molar-refractivity contribution in [2.75, 3.05) is 6.61 Å². The first-order chi connectivity index (χ1) is 6.29. The van der Waals surface area contributed by atoms with Crippen LogP contribution in [0.2, 0.25) is 0 Å². The number of carbonyl (C=O) groups excluding carboxylic acids is 1. The summed E-state index contributed by atoms with van der Waals surface area (Å²) in [5.74, 6) is 0.865. The monoisotopic (exact) mass is 184 g/mol. The van der Waals surface area contributed by atoms with Gasteiger partial charge in [0.05, 0.1) is 0 Å². The van der Waals surface area contributed by atoms with Crippen molar-refractivity contribution in [1.82, 2.24) is 0 Å². The van der Waals surface area contributed by atoms with E-state index in [1.165, 1.54) is 12.8 Å². The molecular formula is C11H20O2. The van der Waals surface area contributed by atoms with Crippen molar-refractivity contribution in [3.05, 3.63) is 0 Å². The fourth-order valence-electron chi connectivity index (χ4n) is 1.52. The number of ketones is 1. The lowest BCUT2D eigenvalue weighted by atomic mass is 10.1. The Kier molecular flexibility index (Phi) is 4.43. The minimum absolute atomic E-state index is 0.0695. The van der Waals surface area contributed by atoms with E-state index in [9.17, 15) is 4.79 Å². The van der Waals surface area contributed by atoms with Crippen LogP contribution in [-0.2, 0) is 9.53 Å². The molecule has 0 aromatic rings. The smallest absolute Gasteiger partial charge is 0.161 e. The molecule has 1 saturated carbocycles. The summed E-state index contributed by atoms with van der Waals surface area (Å²) in [4.78, 5) is 11.6. The van der Waals surface area contributed by atoms with Crippen LogP contribution in [0.25, 0.3) is 0 Å². The Bertz CT molecular complexity index is 161. The van der Waals surface area contributed by atoms with Crippen LogP contribution < -0.4 is 0 Å². The highest BCUT2D eigenvalue weighted by Crippen LogP contribution is 2.35. The average Bonchev–Trinajstić information content (AvgIpc) is 2.89. The Labute approximate surface area is 80.7 Å². The molecule has 2 nitrogen and oxygen atoms in total.